The van der Waals surface area contributed by atoms with E-state index in [2.05, 4.69) is 0 Å². The molecule has 0 fully saturated rings. The molecule has 0 saturated heterocycles. The number of halogens is 2. The maximum atomic E-state index is 11.4. The number of rotatable bonds is 3. The van der Waals surface area contributed by atoms with Gasteiger partial charge in [-0.3, -0.25) is 0 Å². The SMILES string of the molecule is COc1ccc(OC(=O)C(Cl)Cl)c2ccccc12. The van der Waals surface area contributed by atoms with Crippen molar-refractivity contribution in [3.8, 4) is 11.5 Å². The summed E-state index contributed by atoms with van der Waals surface area (Å²) in [6.45, 7) is 0. The van der Waals surface area contributed by atoms with Gasteiger partial charge in [-0.2, -0.15) is 0 Å². The molecule has 2 aromatic carbocycles. The van der Waals surface area contributed by atoms with E-state index in [1.165, 1.54) is 0 Å². The first-order valence-electron chi connectivity index (χ1n) is 5.19. The third-order valence-electron chi connectivity index (χ3n) is 2.45. The van der Waals surface area contributed by atoms with E-state index in [1.807, 2.05) is 24.3 Å². The number of ether oxygens (including phenoxy) is 2. The molecule has 94 valence electrons. The summed E-state index contributed by atoms with van der Waals surface area (Å²) in [5, 5.41) is 1.62. The van der Waals surface area contributed by atoms with Gasteiger partial charge >= 0.3 is 5.97 Å². The standard InChI is InChI=1S/C13H10Cl2O3/c1-17-10-6-7-11(18-13(16)12(14)15)9-5-3-2-4-8(9)10/h2-7,12H,1H3. The summed E-state index contributed by atoms with van der Waals surface area (Å²) in [6.07, 6.45) is 0. The molecule has 0 aliphatic heterocycles. The van der Waals surface area contributed by atoms with Crippen molar-refractivity contribution in [2.45, 2.75) is 4.84 Å². The molecule has 0 heterocycles. The Hall–Kier alpha value is -1.45. The fourth-order valence-electron chi connectivity index (χ4n) is 1.66. The lowest BCUT2D eigenvalue weighted by Gasteiger charge is -2.10. The van der Waals surface area contributed by atoms with Gasteiger partial charge in [-0.1, -0.05) is 47.5 Å². The minimum atomic E-state index is -1.20. The largest absolute Gasteiger partial charge is 0.496 e. The van der Waals surface area contributed by atoms with Gasteiger partial charge in [0.2, 0.25) is 4.84 Å². The highest BCUT2D eigenvalue weighted by atomic mass is 35.5. The maximum absolute atomic E-state index is 11.4. The van der Waals surface area contributed by atoms with Crippen molar-refractivity contribution in [3.05, 3.63) is 36.4 Å². The molecule has 0 unspecified atom stereocenters. The first-order chi connectivity index (χ1) is 8.63. The van der Waals surface area contributed by atoms with E-state index in [9.17, 15) is 4.79 Å². The minimum absolute atomic E-state index is 0.405. The zero-order valence-corrected chi connectivity index (χ0v) is 11.0. The van der Waals surface area contributed by atoms with E-state index in [-0.39, 0.29) is 0 Å². The number of benzene rings is 2. The molecule has 0 atom stereocenters. The van der Waals surface area contributed by atoms with Crippen LogP contribution >= 0.6 is 23.2 Å². The Morgan fingerprint density at radius 2 is 1.61 bits per heavy atom. The third-order valence-corrected chi connectivity index (χ3v) is 2.81. The second kappa shape index (κ2) is 5.46. The zero-order valence-electron chi connectivity index (χ0n) is 9.52. The van der Waals surface area contributed by atoms with Gasteiger partial charge < -0.3 is 9.47 Å². The number of fused-ring (bicyclic) bond motifs is 1. The highest BCUT2D eigenvalue weighted by Gasteiger charge is 2.16. The average Bonchev–Trinajstić information content (AvgIpc) is 2.39. The number of alkyl halides is 2. The first-order valence-corrected chi connectivity index (χ1v) is 6.06. The van der Waals surface area contributed by atoms with E-state index in [1.54, 1.807) is 19.2 Å². The van der Waals surface area contributed by atoms with Crippen LogP contribution in [0, 0.1) is 0 Å². The van der Waals surface area contributed by atoms with Crippen molar-refractivity contribution in [1.29, 1.82) is 0 Å². The maximum Gasteiger partial charge on any atom is 0.344 e. The molecule has 0 amide bonds. The second-order valence-corrected chi connectivity index (χ2v) is 4.63. The molecule has 0 aromatic heterocycles. The van der Waals surface area contributed by atoms with Crippen molar-refractivity contribution in [2.75, 3.05) is 7.11 Å². The van der Waals surface area contributed by atoms with Gasteiger partial charge in [0.05, 0.1) is 7.11 Å². The number of esters is 1. The van der Waals surface area contributed by atoms with Crippen LogP contribution in [0.3, 0.4) is 0 Å². The van der Waals surface area contributed by atoms with E-state index in [0.717, 1.165) is 10.8 Å². The topological polar surface area (TPSA) is 35.5 Å². The van der Waals surface area contributed by atoms with Crippen LogP contribution in [0.25, 0.3) is 10.8 Å². The Morgan fingerprint density at radius 1 is 1.06 bits per heavy atom. The van der Waals surface area contributed by atoms with Gasteiger partial charge in [0.25, 0.3) is 0 Å². The summed E-state index contributed by atoms with van der Waals surface area (Å²) in [5.41, 5.74) is 0. The molecule has 0 aliphatic rings. The summed E-state index contributed by atoms with van der Waals surface area (Å²) in [6, 6.07) is 10.8. The molecule has 0 aliphatic carbocycles. The number of carbonyl (C=O) groups excluding carboxylic acids is 1. The quantitative estimate of drug-likeness (QED) is 0.491. The van der Waals surface area contributed by atoms with Crippen molar-refractivity contribution < 1.29 is 14.3 Å². The predicted molar refractivity (Wildman–Crippen MR) is 71.6 cm³/mol. The van der Waals surface area contributed by atoms with E-state index in [4.69, 9.17) is 32.7 Å². The molecule has 0 saturated carbocycles. The molecule has 5 heteroatoms. The van der Waals surface area contributed by atoms with E-state index < -0.39 is 10.8 Å². The average molecular weight is 285 g/mol. The van der Waals surface area contributed by atoms with Gasteiger partial charge in [-0.25, -0.2) is 4.79 Å². The van der Waals surface area contributed by atoms with Crippen LogP contribution in [-0.2, 0) is 4.79 Å². The Kier molecular flexibility index (Phi) is 3.94. The van der Waals surface area contributed by atoms with Gasteiger partial charge in [-0.05, 0) is 12.1 Å². The van der Waals surface area contributed by atoms with Crippen LogP contribution < -0.4 is 9.47 Å². The predicted octanol–water partition coefficient (Wildman–Crippen LogP) is 3.56. The highest BCUT2D eigenvalue weighted by Crippen LogP contribution is 2.33. The smallest absolute Gasteiger partial charge is 0.344 e. The second-order valence-electron chi connectivity index (χ2n) is 3.53. The lowest BCUT2D eigenvalue weighted by atomic mass is 10.1. The molecular weight excluding hydrogens is 275 g/mol. The van der Waals surface area contributed by atoms with Crippen molar-refractivity contribution >= 4 is 39.9 Å². The summed E-state index contributed by atoms with van der Waals surface area (Å²) in [4.78, 5) is 10.2. The molecular formula is C13H10Cl2O3. The molecule has 0 radical (unpaired) electrons. The molecule has 18 heavy (non-hydrogen) atoms. The summed E-state index contributed by atoms with van der Waals surface area (Å²) >= 11 is 10.9. The number of hydrogen-bond acceptors (Lipinski definition) is 3. The summed E-state index contributed by atoms with van der Waals surface area (Å²) in [5.74, 6) is 0.412. The van der Waals surface area contributed by atoms with E-state index in [0.29, 0.717) is 11.5 Å². The van der Waals surface area contributed by atoms with Gasteiger partial charge in [0.1, 0.15) is 11.5 Å². The van der Waals surface area contributed by atoms with Gasteiger partial charge in [0, 0.05) is 10.8 Å². The van der Waals surface area contributed by atoms with Crippen LogP contribution in [0.4, 0.5) is 0 Å². The van der Waals surface area contributed by atoms with Gasteiger partial charge in [0.15, 0.2) is 0 Å². The van der Waals surface area contributed by atoms with Crippen molar-refractivity contribution in [1.82, 2.24) is 0 Å². The summed E-state index contributed by atoms with van der Waals surface area (Å²) in [7, 11) is 1.58. The van der Waals surface area contributed by atoms with Crippen LogP contribution in [-0.4, -0.2) is 17.9 Å². The lowest BCUT2D eigenvalue weighted by Crippen LogP contribution is -2.15. The molecule has 0 spiro atoms. The number of carbonyl (C=O) groups is 1. The van der Waals surface area contributed by atoms with E-state index >= 15 is 0 Å². The summed E-state index contributed by atoms with van der Waals surface area (Å²) < 4.78 is 10.4. The van der Waals surface area contributed by atoms with Crippen molar-refractivity contribution in [2.24, 2.45) is 0 Å². The molecule has 2 rings (SSSR count). The monoisotopic (exact) mass is 284 g/mol. The zero-order chi connectivity index (χ0) is 13.1. The molecule has 0 N–H and O–H groups in total. The Balaban J connectivity index is 2.49. The van der Waals surface area contributed by atoms with Crippen LogP contribution in [0.5, 0.6) is 11.5 Å². The third kappa shape index (κ3) is 2.52. The Labute approximate surface area is 114 Å². The Morgan fingerprint density at radius 3 is 2.17 bits per heavy atom. The lowest BCUT2D eigenvalue weighted by molar-refractivity contribution is -0.132. The normalized spacial score (nSPS) is 10.7. The Bertz CT molecular complexity index is 581. The van der Waals surface area contributed by atoms with Crippen LogP contribution in [0.2, 0.25) is 0 Å². The fourth-order valence-corrected chi connectivity index (χ4v) is 1.75. The van der Waals surface area contributed by atoms with Crippen LogP contribution in [0.15, 0.2) is 36.4 Å². The molecule has 0 bridgehead atoms. The molecule has 2 aromatic rings. The minimum Gasteiger partial charge on any atom is -0.496 e. The number of hydrogen-bond donors (Lipinski definition) is 0. The van der Waals surface area contributed by atoms with Crippen molar-refractivity contribution in [3.63, 3.8) is 0 Å². The fraction of sp³-hybridized carbons (Fsp3) is 0.154. The van der Waals surface area contributed by atoms with Gasteiger partial charge in [-0.15, -0.1) is 0 Å². The highest BCUT2D eigenvalue weighted by molar-refractivity contribution is 6.53. The first kappa shape index (κ1) is 13.0. The van der Waals surface area contributed by atoms with Crippen LogP contribution in [0.1, 0.15) is 0 Å². The number of methoxy groups -OCH3 is 1. The molecule has 3 nitrogen and oxygen atoms in total.